The van der Waals surface area contributed by atoms with E-state index < -0.39 is 0 Å². The van der Waals surface area contributed by atoms with Crippen molar-refractivity contribution in [2.24, 2.45) is 0 Å². The third-order valence-electron chi connectivity index (χ3n) is 6.06. The lowest BCUT2D eigenvalue weighted by atomic mass is 9.92. The molecule has 6 nitrogen and oxygen atoms in total. The van der Waals surface area contributed by atoms with Crippen molar-refractivity contribution in [3.63, 3.8) is 0 Å². The van der Waals surface area contributed by atoms with Crippen molar-refractivity contribution in [3.05, 3.63) is 16.8 Å². The predicted octanol–water partition coefficient (Wildman–Crippen LogP) is 3.63. The minimum atomic E-state index is 0.214. The van der Waals surface area contributed by atoms with Crippen LogP contribution < -0.4 is 4.74 Å². The fourth-order valence-electron chi connectivity index (χ4n) is 4.39. The Labute approximate surface area is 170 Å². The first kappa shape index (κ1) is 19.6. The van der Waals surface area contributed by atoms with Crippen molar-refractivity contribution in [1.82, 2.24) is 19.8 Å². The highest BCUT2D eigenvalue weighted by molar-refractivity contribution is 7.18. The highest BCUT2D eigenvalue weighted by Crippen LogP contribution is 2.39. The molecular weight excluding hydrogens is 372 g/mol. The van der Waals surface area contributed by atoms with Crippen LogP contribution in [0.4, 0.5) is 0 Å². The van der Waals surface area contributed by atoms with E-state index in [1.54, 1.807) is 17.7 Å². The molecule has 2 aliphatic rings. The summed E-state index contributed by atoms with van der Waals surface area (Å²) in [6.45, 7) is 3.51. The molecule has 2 aromatic rings. The summed E-state index contributed by atoms with van der Waals surface area (Å²) in [6, 6.07) is 0.650. The van der Waals surface area contributed by atoms with Gasteiger partial charge >= 0.3 is 0 Å². The molecule has 152 valence electrons. The second kappa shape index (κ2) is 8.33. The number of aromatic nitrogens is 2. The van der Waals surface area contributed by atoms with Crippen molar-refractivity contribution >= 4 is 27.5 Å². The molecule has 1 aliphatic heterocycles. The quantitative estimate of drug-likeness (QED) is 0.764. The van der Waals surface area contributed by atoms with Gasteiger partial charge in [-0.15, -0.1) is 11.3 Å². The molecule has 0 unspecified atom stereocenters. The maximum atomic E-state index is 12.4. The Hall–Kier alpha value is -1.73. The molecule has 0 N–H and O–H groups in total. The zero-order valence-electron chi connectivity index (χ0n) is 17.1. The molecule has 1 saturated carbocycles. The predicted molar refractivity (Wildman–Crippen MR) is 112 cm³/mol. The second-order valence-corrected chi connectivity index (χ2v) is 9.27. The molecule has 0 aromatic carbocycles. The Morgan fingerprint density at radius 1 is 1.29 bits per heavy atom. The first-order valence-electron chi connectivity index (χ1n) is 10.4. The number of carbonyl (C=O) groups excluding carboxylic acids is 1. The highest BCUT2D eigenvalue weighted by Gasteiger charge is 2.29. The first-order chi connectivity index (χ1) is 13.6. The standard InChI is InChI=1S/C21H30N4O2S/c1-4-5-18(26)25-11-10-17-16(12-25)19-20(22-13-23-21(19)28-17)27-15-8-6-14(7-9-15)24(2)3/h13-15H,4-12H2,1-3H3. The average Bonchev–Trinajstić information content (AvgIpc) is 3.07. The number of rotatable bonds is 5. The number of amides is 1. The molecular formula is C21H30N4O2S. The van der Waals surface area contributed by atoms with E-state index in [-0.39, 0.29) is 12.0 Å². The summed E-state index contributed by atoms with van der Waals surface area (Å²) in [4.78, 5) is 28.0. The molecule has 7 heteroatoms. The number of hydrogen-bond acceptors (Lipinski definition) is 6. The molecule has 1 aliphatic carbocycles. The molecule has 28 heavy (non-hydrogen) atoms. The molecule has 2 aromatic heterocycles. The van der Waals surface area contributed by atoms with E-state index in [0.29, 0.717) is 24.9 Å². The minimum Gasteiger partial charge on any atom is -0.474 e. The van der Waals surface area contributed by atoms with Gasteiger partial charge in [0.1, 0.15) is 17.3 Å². The van der Waals surface area contributed by atoms with Crippen molar-refractivity contribution in [1.29, 1.82) is 0 Å². The van der Waals surface area contributed by atoms with Crippen molar-refractivity contribution in [3.8, 4) is 5.88 Å². The van der Waals surface area contributed by atoms with Crippen LogP contribution in [0.5, 0.6) is 5.88 Å². The zero-order valence-corrected chi connectivity index (χ0v) is 17.9. The van der Waals surface area contributed by atoms with Crippen LogP contribution >= 0.6 is 11.3 Å². The van der Waals surface area contributed by atoms with Crippen LogP contribution in [0, 0.1) is 0 Å². The van der Waals surface area contributed by atoms with Crippen LogP contribution in [0.3, 0.4) is 0 Å². The van der Waals surface area contributed by atoms with Crippen LogP contribution in [-0.4, -0.2) is 58.5 Å². The Bertz CT molecular complexity index is 842. The summed E-state index contributed by atoms with van der Waals surface area (Å²) < 4.78 is 6.40. The van der Waals surface area contributed by atoms with Gasteiger partial charge in [0.2, 0.25) is 11.8 Å². The highest BCUT2D eigenvalue weighted by atomic mass is 32.1. The fraction of sp³-hybridized carbons (Fsp3) is 0.667. The SMILES string of the molecule is CCCC(=O)N1CCc2sc3ncnc(OC4CCC(N(C)C)CC4)c3c2C1. The number of ether oxygens (including phenoxy) is 1. The van der Waals surface area contributed by atoms with Gasteiger partial charge in [-0.2, -0.15) is 0 Å². The second-order valence-electron chi connectivity index (χ2n) is 8.19. The topological polar surface area (TPSA) is 58.6 Å². The van der Waals surface area contributed by atoms with E-state index in [0.717, 1.165) is 55.3 Å². The van der Waals surface area contributed by atoms with Crippen LogP contribution in [0.25, 0.3) is 10.2 Å². The summed E-state index contributed by atoms with van der Waals surface area (Å²) in [5.74, 6) is 0.953. The van der Waals surface area contributed by atoms with Gasteiger partial charge < -0.3 is 14.5 Å². The molecule has 0 spiro atoms. The minimum absolute atomic E-state index is 0.214. The van der Waals surface area contributed by atoms with E-state index in [2.05, 4.69) is 35.9 Å². The van der Waals surface area contributed by atoms with E-state index in [4.69, 9.17) is 4.74 Å². The average molecular weight is 403 g/mol. The van der Waals surface area contributed by atoms with Gasteiger partial charge in [-0.1, -0.05) is 6.92 Å². The summed E-state index contributed by atoms with van der Waals surface area (Å²) >= 11 is 1.73. The normalized spacial score (nSPS) is 22.5. The smallest absolute Gasteiger partial charge is 0.225 e. The Morgan fingerprint density at radius 3 is 2.79 bits per heavy atom. The third-order valence-corrected chi connectivity index (χ3v) is 7.26. The molecule has 3 heterocycles. The van der Waals surface area contributed by atoms with Gasteiger partial charge in [-0.25, -0.2) is 9.97 Å². The van der Waals surface area contributed by atoms with Gasteiger partial charge in [0.15, 0.2) is 0 Å². The molecule has 4 rings (SSSR count). The number of nitrogens with zero attached hydrogens (tertiary/aromatic N) is 4. The van der Waals surface area contributed by atoms with Crippen molar-refractivity contribution < 1.29 is 9.53 Å². The Balaban J connectivity index is 1.56. The molecule has 0 bridgehead atoms. The maximum Gasteiger partial charge on any atom is 0.225 e. The van der Waals surface area contributed by atoms with Gasteiger partial charge in [0.05, 0.1) is 5.39 Å². The van der Waals surface area contributed by atoms with Crippen molar-refractivity contribution in [2.75, 3.05) is 20.6 Å². The van der Waals surface area contributed by atoms with Crippen LogP contribution in [0.2, 0.25) is 0 Å². The summed E-state index contributed by atoms with van der Waals surface area (Å²) in [7, 11) is 4.31. The molecule has 0 atom stereocenters. The molecule has 1 amide bonds. The number of hydrogen-bond donors (Lipinski definition) is 0. The van der Waals surface area contributed by atoms with E-state index in [9.17, 15) is 4.79 Å². The Kier molecular flexibility index (Phi) is 5.83. The lowest BCUT2D eigenvalue weighted by molar-refractivity contribution is -0.132. The summed E-state index contributed by atoms with van der Waals surface area (Å²) in [5, 5.41) is 1.03. The number of fused-ring (bicyclic) bond motifs is 3. The molecule has 1 fully saturated rings. The molecule has 0 radical (unpaired) electrons. The van der Waals surface area contributed by atoms with Gasteiger partial charge in [-0.05, 0) is 52.6 Å². The summed E-state index contributed by atoms with van der Waals surface area (Å²) in [6.07, 6.45) is 8.67. The largest absolute Gasteiger partial charge is 0.474 e. The van der Waals surface area contributed by atoms with Crippen molar-refractivity contribution in [2.45, 2.75) is 70.6 Å². The van der Waals surface area contributed by atoms with Gasteiger partial charge in [0.25, 0.3) is 0 Å². The van der Waals surface area contributed by atoms with E-state index in [1.165, 1.54) is 10.4 Å². The first-order valence-corrected chi connectivity index (χ1v) is 11.2. The maximum absolute atomic E-state index is 12.4. The number of carbonyl (C=O) groups is 1. The van der Waals surface area contributed by atoms with E-state index in [1.807, 2.05) is 4.90 Å². The summed E-state index contributed by atoms with van der Waals surface area (Å²) in [5.41, 5.74) is 1.20. The lowest BCUT2D eigenvalue weighted by Gasteiger charge is -2.32. The van der Waals surface area contributed by atoms with Gasteiger partial charge in [0, 0.05) is 36.0 Å². The monoisotopic (exact) mass is 402 g/mol. The lowest BCUT2D eigenvalue weighted by Crippen LogP contribution is -2.36. The van der Waals surface area contributed by atoms with Gasteiger partial charge in [-0.3, -0.25) is 4.79 Å². The number of thiophene rings is 1. The fourth-order valence-corrected chi connectivity index (χ4v) is 5.52. The zero-order chi connectivity index (χ0) is 19.7. The van der Waals surface area contributed by atoms with Crippen LogP contribution in [0.15, 0.2) is 6.33 Å². The van der Waals surface area contributed by atoms with Crippen LogP contribution in [-0.2, 0) is 17.8 Å². The molecule has 0 saturated heterocycles. The van der Waals surface area contributed by atoms with Crippen LogP contribution in [0.1, 0.15) is 55.9 Å². The van der Waals surface area contributed by atoms with E-state index >= 15 is 0 Å². The third kappa shape index (κ3) is 3.87. The Morgan fingerprint density at radius 2 is 2.07 bits per heavy atom.